The van der Waals surface area contributed by atoms with Gasteiger partial charge in [-0.05, 0) is 12.1 Å². The fourth-order valence-corrected chi connectivity index (χ4v) is 7.93. The largest absolute Gasteiger partial charge is 0.422 e. The van der Waals surface area contributed by atoms with Crippen molar-refractivity contribution in [3.63, 3.8) is 0 Å². The molecule has 1 spiro atoms. The molecule has 2 fully saturated rings. The SMILES string of the molecule is S=P1(Oc2cc(Cl)c(Cl)cc2Cl)OCC2(CO1)COP(=S)(Oc1cc(Cl)c(Cl)cc1Cl)OC2. The summed E-state index contributed by atoms with van der Waals surface area (Å²) in [5, 5.41) is 1.54. The van der Waals surface area contributed by atoms with Crippen molar-refractivity contribution in [2.45, 2.75) is 0 Å². The maximum absolute atomic E-state index is 6.16. The summed E-state index contributed by atoms with van der Waals surface area (Å²) in [6.07, 6.45) is 0. The fraction of sp³-hybridized carbons (Fsp3) is 0.294. The molecule has 0 aliphatic carbocycles. The number of halogens is 6. The third-order valence-corrected chi connectivity index (χ3v) is 10.9. The van der Waals surface area contributed by atoms with E-state index in [-0.39, 0.29) is 68.1 Å². The Balaban J connectivity index is 1.38. The molecule has 2 saturated heterocycles. The Kier molecular flexibility index (Phi) is 8.46. The average Bonchev–Trinajstić information content (AvgIpc) is 2.75. The molecule has 4 rings (SSSR count). The van der Waals surface area contributed by atoms with Gasteiger partial charge in [-0.2, -0.15) is 0 Å². The first kappa shape index (κ1) is 27.0. The lowest BCUT2D eigenvalue weighted by molar-refractivity contribution is -0.0689. The van der Waals surface area contributed by atoms with E-state index in [1.54, 1.807) is 0 Å². The second kappa shape index (κ2) is 10.4. The van der Waals surface area contributed by atoms with E-state index in [0.717, 1.165) is 0 Å². The lowest BCUT2D eigenvalue weighted by Gasteiger charge is -2.43. The van der Waals surface area contributed by atoms with E-state index in [0.29, 0.717) is 0 Å². The van der Waals surface area contributed by atoms with Gasteiger partial charge in [-0.25, -0.2) is 0 Å². The van der Waals surface area contributed by atoms with Gasteiger partial charge in [0.25, 0.3) is 0 Å². The summed E-state index contributed by atoms with van der Waals surface area (Å²) in [7, 11) is 0. The minimum atomic E-state index is -3.15. The molecule has 180 valence electrons. The zero-order chi connectivity index (χ0) is 24.0. The number of hydrogen-bond acceptors (Lipinski definition) is 8. The van der Waals surface area contributed by atoms with Crippen LogP contribution in [-0.4, -0.2) is 26.4 Å². The Hall–Kier alpha value is 0.920. The number of benzene rings is 2. The van der Waals surface area contributed by atoms with Gasteiger partial charge in [-0.15, -0.1) is 0 Å². The first-order valence-electron chi connectivity index (χ1n) is 8.88. The molecule has 2 heterocycles. The maximum Gasteiger partial charge on any atom is 0.380 e. The van der Waals surface area contributed by atoms with Crippen LogP contribution in [0.15, 0.2) is 24.3 Å². The fourth-order valence-electron chi connectivity index (χ4n) is 2.68. The highest BCUT2D eigenvalue weighted by Gasteiger charge is 2.48. The molecule has 2 aromatic rings. The number of hydrogen-bond donors (Lipinski definition) is 0. The summed E-state index contributed by atoms with van der Waals surface area (Å²) in [5.41, 5.74) is -0.653. The molecule has 0 bridgehead atoms. The van der Waals surface area contributed by atoms with Crippen molar-refractivity contribution in [3.8, 4) is 11.5 Å². The van der Waals surface area contributed by atoms with Crippen molar-refractivity contribution in [2.24, 2.45) is 5.41 Å². The molecular formula is C17H12Cl6O6P2S2. The van der Waals surface area contributed by atoms with Gasteiger partial charge in [-0.1, -0.05) is 69.6 Å². The summed E-state index contributed by atoms with van der Waals surface area (Å²) in [4.78, 5) is 0. The van der Waals surface area contributed by atoms with Crippen LogP contribution in [0.25, 0.3) is 0 Å². The van der Waals surface area contributed by atoms with Crippen LogP contribution >= 0.6 is 83.0 Å². The van der Waals surface area contributed by atoms with Crippen LogP contribution in [-0.2, 0) is 41.7 Å². The highest BCUT2D eigenvalue weighted by Crippen LogP contribution is 2.61. The zero-order valence-corrected chi connectivity index (χ0v) is 24.0. The molecule has 33 heavy (non-hydrogen) atoms. The summed E-state index contributed by atoms with van der Waals surface area (Å²) < 4.78 is 34.7. The van der Waals surface area contributed by atoms with Crippen molar-refractivity contribution in [2.75, 3.05) is 26.4 Å². The van der Waals surface area contributed by atoms with Gasteiger partial charge < -0.3 is 9.05 Å². The van der Waals surface area contributed by atoms with Crippen molar-refractivity contribution >= 4 is 107 Å². The van der Waals surface area contributed by atoms with Gasteiger partial charge in [0.15, 0.2) is 0 Å². The van der Waals surface area contributed by atoms with E-state index in [4.69, 9.17) is 120 Å². The van der Waals surface area contributed by atoms with Crippen LogP contribution < -0.4 is 9.05 Å². The smallest absolute Gasteiger partial charge is 0.380 e. The Morgan fingerprint density at radius 3 is 1.21 bits per heavy atom. The molecule has 0 N–H and O–H groups in total. The standard InChI is InChI=1S/C17H12Cl6O6P2S2/c18-9-1-13(22)15(3-11(9)20)28-30(32)24-5-17(6-25-30)7-26-31(33,27-8-17)29-16-4-12(21)10(19)2-14(16)23/h1-4H,5-8H2. The molecule has 0 unspecified atom stereocenters. The average molecular weight is 651 g/mol. The van der Waals surface area contributed by atoms with Gasteiger partial charge in [0.1, 0.15) is 11.5 Å². The molecule has 0 atom stereocenters. The van der Waals surface area contributed by atoms with E-state index in [1.807, 2.05) is 0 Å². The second-order valence-corrected chi connectivity index (χ2v) is 15.4. The predicted octanol–water partition coefficient (Wildman–Crippen LogP) is 8.59. The highest BCUT2D eigenvalue weighted by molar-refractivity contribution is 8.08. The van der Waals surface area contributed by atoms with Gasteiger partial charge in [-0.3, -0.25) is 18.1 Å². The minimum absolute atomic E-state index is 0.145. The molecule has 0 saturated carbocycles. The van der Waals surface area contributed by atoms with Crippen LogP contribution in [0.1, 0.15) is 0 Å². The van der Waals surface area contributed by atoms with Gasteiger partial charge in [0, 0.05) is 35.7 Å². The van der Waals surface area contributed by atoms with Crippen molar-refractivity contribution in [1.82, 2.24) is 0 Å². The topological polar surface area (TPSA) is 55.4 Å². The number of rotatable bonds is 4. The maximum atomic E-state index is 6.16. The molecule has 0 aromatic heterocycles. The predicted molar refractivity (Wildman–Crippen MR) is 139 cm³/mol. The minimum Gasteiger partial charge on any atom is -0.422 e. The highest BCUT2D eigenvalue weighted by atomic mass is 35.5. The summed E-state index contributed by atoms with van der Waals surface area (Å²) in [5.74, 6) is 0.424. The van der Waals surface area contributed by atoms with E-state index >= 15 is 0 Å². The van der Waals surface area contributed by atoms with Crippen LogP contribution in [0.5, 0.6) is 11.5 Å². The third-order valence-electron chi connectivity index (χ3n) is 4.49. The lowest BCUT2D eigenvalue weighted by atomic mass is 9.93. The molecule has 2 aliphatic heterocycles. The lowest BCUT2D eigenvalue weighted by Crippen LogP contribution is -2.46. The first-order chi connectivity index (χ1) is 15.4. The van der Waals surface area contributed by atoms with Gasteiger partial charge in [0.2, 0.25) is 0 Å². The molecular weight excluding hydrogens is 639 g/mol. The van der Waals surface area contributed by atoms with E-state index in [9.17, 15) is 0 Å². The summed E-state index contributed by atoms with van der Waals surface area (Å²) >= 11 is 47.1. The van der Waals surface area contributed by atoms with Crippen LogP contribution in [0.2, 0.25) is 30.1 Å². The Morgan fingerprint density at radius 2 is 0.879 bits per heavy atom. The second-order valence-electron chi connectivity index (χ2n) is 7.06. The van der Waals surface area contributed by atoms with Gasteiger partial charge in [0.05, 0.1) is 62.0 Å². The monoisotopic (exact) mass is 648 g/mol. The molecule has 6 nitrogen and oxygen atoms in total. The Labute approximate surface area is 230 Å². The summed E-state index contributed by atoms with van der Waals surface area (Å²) in [6, 6.07) is 5.80. The van der Waals surface area contributed by atoms with Crippen molar-refractivity contribution < 1.29 is 27.1 Å². The van der Waals surface area contributed by atoms with Crippen LogP contribution in [0.4, 0.5) is 0 Å². The van der Waals surface area contributed by atoms with E-state index in [2.05, 4.69) is 0 Å². The van der Waals surface area contributed by atoms with Crippen molar-refractivity contribution in [1.29, 1.82) is 0 Å². The van der Waals surface area contributed by atoms with Crippen LogP contribution in [0, 0.1) is 5.41 Å². The normalized spacial score (nSPS) is 29.8. The Morgan fingerprint density at radius 1 is 0.576 bits per heavy atom. The quantitative estimate of drug-likeness (QED) is 0.241. The van der Waals surface area contributed by atoms with E-state index < -0.39 is 18.9 Å². The van der Waals surface area contributed by atoms with Gasteiger partial charge >= 0.3 is 13.4 Å². The first-order valence-corrected chi connectivity index (χ1v) is 16.3. The van der Waals surface area contributed by atoms with Crippen molar-refractivity contribution in [3.05, 3.63) is 54.4 Å². The molecule has 0 radical (unpaired) electrons. The summed E-state index contributed by atoms with van der Waals surface area (Å²) in [6.45, 7) is -5.72. The molecule has 2 aliphatic rings. The molecule has 0 amide bonds. The molecule has 16 heteroatoms. The Bertz CT molecular complexity index is 1080. The molecule has 2 aromatic carbocycles. The zero-order valence-electron chi connectivity index (χ0n) is 16.1. The van der Waals surface area contributed by atoms with E-state index in [1.165, 1.54) is 24.3 Å². The third kappa shape index (κ3) is 6.26. The van der Waals surface area contributed by atoms with Crippen LogP contribution in [0.3, 0.4) is 0 Å².